The van der Waals surface area contributed by atoms with Gasteiger partial charge in [-0.15, -0.1) is 0 Å². The van der Waals surface area contributed by atoms with Crippen molar-refractivity contribution in [2.45, 2.75) is 58.8 Å². The van der Waals surface area contributed by atoms with Crippen molar-refractivity contribution in [2.75, 3.05) is 19.7 Å². The van der Waals surface area contributed by atoms with Gasteiger partial charge in [-0.3, -0.25) is 0 Å². The molecule has 1 spiro atoms. The summed E-state index contributed by atoms with van der Waals surface area (Å²) in [4.78, 5) is 14.1. The number of ether oxygens (including phenoxy) is 1. The van der Waals surface area contributed by atoms with Crippen LogP contribution in [0.25, 0.3) is 0 Å². The molecule has 20 heavy (non-hydrogen) atoms. The van der Waals surface area contributed by atoms with Crippen LogP contribution in [0.15, 0.2) is 12.2 Å². The zero-order chi connectivity index (χ0) is 14.6. The molecule has 0 aromatic heterocycles. The largest absolute Gasteiger partial charge is 0.449 e. The number of rotatable bonds is 4. The molecule has 0 aromatic rings. The third-order valence-corrected chi connectivity index (χ3v) is 5.07. The number of likely N-dealkylation sites (tertiary alicyclic amines) is 1. The van der Waals surface area contributed by atoms with E-state index in [0.717, 1.165) is 25.9 Å². The molecule has 1 aliphatic heterocycles. The Kier molecular flexibility index (Phi) is 5.11. The van der Waals surface area contributed by atoms with Crippen LogP contribution in [0.5, 0.6) is 0 Å². The van der Waals surface area contributed by atoms with Gasteiger partial charge in [0.15, 0.2) is 0 Å². The standard InChI is InChI=1S/C17H29NO2/c1-4-5-11-20-16(19)18-12-15(14(2)3)17(13-18)9-7-6-8-10-17/h15H,2,4-13H2,1,3H3. The highest BCUT2D eigenvalue weighted by molar-refractivity contribution is 5.68. The highest BCUT2D eigenvalue weighted by Gasteiger charge is 2.48. The molecular weight excluding hydrogens is 250 g/mol. The quantitative estimate of drug-likeness (QED) is 0.564. The van der Waals surface area contributed by atoms with Gasteiger partial charge in [0.05, 0.1) is 6.61 Å². The van der Waals surface area contributed by atoms with Crippen LogP contribution >= 0.6 is 0 Å². The van der Waals surface area contributed by atoms with Crippen LogP contribution in [0.1, 0.15) is 58.8 Å². The molecule has 3 heteroatoms. The van der Waals surface area contributed by atoms with Crippen LogP contribution in [0.2, 0.25) is 0 Å². The summed E-state index contributed by atoms with van der Waals surface area (Å²) < 4.78 is 5.39. The van der Waals surface area contributed by atoms with Gasteiger partial charge < -0.3 is 9.64 Å². The van der Waals surface area contributed by atoms with Crippen molar-refractivity contribution in [3.05, 3.63) is 12.2 Å². The fourth-order valence-electron chi connectivity index (χ4n) is 3.94. The maximum absolute atomic E-state index is 12.2. The van der Waals surface area contributed by atoms with Gasteiger partial charge in [0.2, 0.25) is 0 Å². The molecule has 0 aromatic carbocycles. The summed E-state index contributed by atoms with van der Waals surface area (Å²) in [7, 11) is 0. The second kappa shape index (κ2) is 6.64. The van der Waals surface area contributed by atoms with Gasteiger partial charge in [-0.05, 0) is 31.6 Å². The number of carbonyl (C=O) groups is 1. The van der Waals surface area contributed by atoms with Crippen LogP contribution in [0.3, 0.4) is 0 Å². The molecule has 1 atom stereocenters. The summed E-state index contributed by atoms with van der Waals surface area (Å²) >= 11 is 0. The third kappa shape index (κ3) is 3.18. The summed E-state index contributed by atoms with van der Waals surface area (Å²) in [5, 5.41) is 0. The average molecular weight is 279 g/mol. The van der Waals surface area contributed by atoms with Crippen LogP contribution in [0.4, 0.5) is 4.79 Å². The zero-order valence-electron chi connectivity index (χ0n) is 13.1. The lowest BCUT2D eigenvalue weighted by Gasteiger charge is -2.38. The Hall–Kier alpha value is -0.990. The number of hydrogen-bond acceptors (Lipinski definition) is 2. The fraction of sp³-hybridized carbons (Fsp3) is 0.824. The van der Waals surface area contributed by atoms with Crippen molar-refractivity contribution in [1.82, 2.24) is 4.90 Å². The molecular formula is C17H29NO2. The average Bonchev–Trinajstić information content (AvgIpc) is 2.79. The molecule has 2 aliphatic rings. The highest BCUT2D eigenvalue weighted by atomic mass is 16.6. The second-order valence-electron chi connectivity index (χ2n) is 6.67. The normalized spacial score (nSPS) is 24.9. The minimum absolute atomic E-state index is 0.118. The molecule has 1 heterocycles. The predicted molar refractivity (Wildman–Crippen MR) is 81.7 cm³/mol. The minimum atomic E-state index is -0.118. The van der Waals surface area contributed by atoms with E-state index in [9.17, 15) is 4.79 Å². The summed E-state index contributed by atoms with van der Waals surface area (Å²) in [6.07, 6.45) is 8.30. The molecule has 1 amide bonds. The highest BCUT2D eigenvalue weighted by Crippen LogP contribution is 2.49. The maximum atomic E-state index is 12.2. The van der Waals surface area contributed by atoms with E-state index in [1.165, 1.54) is 37.7 Å². The van der Waals surface area contributed by atoms with Crippen LogP contribution < -0.4 is 0 Å². The molecule has 114 valence electrons. The van der Waals surface area contributed by atoms with Crippen molar-refractivity contribution in [3.63, 3.8) is 0 Å². The maximum Gasteiger partial charge on any atom is 0.409 e. The molecule has 0 radical (unpaired) electrons. The molecule has 3 nitrogen and oxygen atoms in total. The Labute approximate surface area is 123 Å². The second-order valence-corrected chi connectivity index (χ2v) is 6.67. The van der Waals surface area contributed by atoms with Gasteiger partial charge in [-0.1, -0.05) is 44.8 Å². The monoisotopic (exact) mass is 279 g/mol. The number of carbonyl (C=O) groups excluding carboxylic acids is 1. The lowest BCUT2D eigenvalue weighted by molar-refractivity contribution is 0.0996. The van der Waals surface area contributed by atoms with E-state index in [4.69, 9.17) is 4.74 Å². The number of amides is 1. The van der Waals surface area contributed by atoms with Gasteiger partial charge in [0.1, 0.15) is 0 Å². The van der Waals surface area contributed by atoms with Crippen molar-refractivity contribution < 1.29 is 9.53 Å². The van der Waals surface area contributed by atoms with E-state index < -0.39 is 0 Å². The fourth-order valence-corrected chi connectivity index (χ4v) is 3.94. The first-order chi connectivity index (χ1) is 9.59. The summed E-state index contributed by atoms with van der Waals surface area (Å²) in [6, 6.07) is 0. The first-order valence-corrected chi connectivity index (χ1v) is 8.16. The Morgan fingerprint density at radius 1 is 1.35 bits per heavy atom. The minimum Gasteiger partial charge on any atom is -0.449 e. The molecule has 1 saturated heterocycles. The number of nitrogens with zero attached hydrogens (tertiary/aromatic N) is 1. The van der Waals surface area contributed by atoms with Crippen LogP contribution in [0, 0.1) is 11.3 Å². The van der Waals surface area contributed by atoms with Gasteiger partial charge in [-0.25, -0.2) is 4.79 Å². The first kappa shape index (κ1) is 15.4. The smallest absolute Gasteiger partial charge is 0.409 e. The molecule has 1 saturated carbocycles. The van der Waals surface area contributed by atoms with E-state index >= 15 is 0 Å². The van der Waals surface area contributed by atoms with Gasteiger partial charge in [0, 0.05) is 19.0 Å². The van der Waals surface area contributed by atoms with Crippen molar-refractivity contribution >= 4 is 6.09 Å². The number of unbranched alkanes of at least 4 members (excludes halogenated alkanes) is 1. The SMILES string of the molecule is C=C(C)C1CN(C(=O)OCCCC)CC12CCCCC2. The van der Waals surface area contributed by atoms with Gasteiger partial charge in [-0.2, -0.15) is 0 Å². The molecule has 0 N–H and O–H groups in total. The Bertz CT molecular complexity index is 358. The lowest BCUT2D eigenvalue weighted by Crippen LogP contribution is -2.35. The Morgan fingerprint density at radius 2 is 2.05 bits per heavy atom. The topological polar surface area (TPSA) is 29.5 Å². The van der Waals surface area contributed by atoms with E-state index in [-0.39, 0.29) is 11.5 Å². The summed E-state index contributed by atoms with van der Waals surface area (Å²) in [5.74, 6) is 0.460. The molecule has 1 aliphatic carbocycles. The summed E-state index contributed by atoms with van der Waals surface area (Å²) in [6.45, 7) is 10.6. The van der Waals surface area contributed by atoms with E-state index in [2.05, 4.69) is 20.4 Å². The zero-order valence-corrected chi connectivity index (χ0v) is 13.1. The van der Waals surface area contributed by atoms with E-state index in [1.807, 2.05) is 4.90 Å². The van der Waals surface area contributed by atoms with Crippen molar-refractivity contribution in [1.29, 1.82) is 0 Å². The van der Waals surface area contributed by atoms with E-state index in [1.54, 1.807) is 0 Å². The number of hydrogen-bond donors (Lipinski definition) is 0. The lowest BCUT2D eigenvalue weighted by atomic mass is 9.66. The first-order valence-electron chi connectivity index (χ1n) is 8.16. The molecule has 2 rings (SSSR count). The third-order valence-electron chi connectivity index (χ3n) is 5.07. The van der Waals surface area contributed by atoms with Crippen molar-refractivity contribution in [2.24, 2.45) is 11.3 Å². The Balaban J connectivity index is 2.00. The molecule has 0 bridgehead atoms. The Morgan fingerprint density at radius 3 is 2.65 bits per heavy atom. The summed E-state index contributed by atoms with van der Waals surface area (Å²) in [5.41, 5.74) is 1.52. The van der Waals surface area contributed by atoms with Gasteiger partial charge in [0.25, 0.3) is 0 Å². The molecule has 1 unspecified atom stereocenters. The van der Waals surface area contributed by atoms with Crippen LogP contribution in [-0.4, -0.2) is 30.7 Å². The van der Waals surface area contributed by atoms with Gasteiger partial charge >= 0.3 is 6.09 Å². The predicted octanol–water partition coefficient (Wildman–Crippen LogP) is 4.38. The van der Waals surface area contributed by atoms with Crippen LogP contribution in [-0.2, 0) is 4.74 Å². The van der Waals surface area contributed by atoms with E-state index in [0.29, 0.717) is 12.5 Å². The molecule has 2 fully saturated rings. The van der Waals surface area contributed by atoms with Crippen molar-refractivity contribution in [3.8, 4) is 0 Å².